The molecule has 0 radical (unpaired) electrons. The summed E-state index contributed by atoms with van der Waals surface area (Å²) < 4.78 is 5.11. The Bertz CT molecular complexity index is 292. The van der Waals surface area contributed by atoms with Crippen molar-refractivity contribution in [1.29, 1.82) is 0 Å². The molecule has 3 N–H and O–H groups in total. The molecule has 16 heavy (non-hydrogen) atoms. The van der Waals surface area contributed by atoms with Crippen molar-refractivity contribution >= 4 is 11.8 Å². The largest absolute Gasteiger partial charge is 0.380 e. The highest BCUT2D eigenvalue weighted by molar-refractivity contribution is 5.86. The molecule has 2 aliphatic rings. The van der Waals surface area contributed by atoms with Crippen molar-refractivity contribution in [3.63, 3.8) is 0 Å². The van der Waals surface area contributed by atoms with Crippen LogP contribution in [0.1, 0.15) is 6.92 Å². The van der Waals surface area contributed by atoms with Crippen LogP contribution in [0.4, 0.5) is 0 Å². The van der Waals surface area contributed by atoms with Crippen molar-refractivity contribution < 1.29 is 14.3 Å². The Balaban J connectivity index is 1.73. The molecule has 2 aliphatic heterocycles. The zero-order chi connectivity index (χ0) is 11.6. The first-order valence-corrected chi connectivity index (χ1v) is 5.45. The highest BCUT2D eigenvalue weighted by atomic mass is 16.5. The topological polar surface area (TPSA) is 79.5 Å². The minimum absolute atomic E-state index is 0.0619. The van der Waals surface area contributed by atoms with Gasteiger partial charge in [0.05, 0.1) is 19.8 Å². The van der Waals surface area contributed by atoms with Gasteiger partial charge in [0.15, 0.2) is 0 Å². The molecule has 2 saturated heterocycles. The van der Waals surface area contributed by atoms with Gasteiger partial charge in [-0.2, -0.15) is 0 Å². The van der Waals surface area contributed by atoms with Gasteiger partial charge >= 0.3 is 0 Å². The van der Waals surface area contributed by atoms with E-state index < -0.39 is 0 Å². The summed E-state index contributed by atoms with van der Waals surface area (Å²) in [5.41, 5.74) is 0.0770. The number of carbonyl (C=O) groups excluding carboxylic acids is 2. The summed E-state index contributed by atoms with van der Waals surface area (Å²) >= 11 is 0. The molecule has 0 spiro atoms. The Kier molecular flexibility index (Phi) is 3.11. The molecule has 1 unspecified atom stereocenters. The van der Waals surface area contributed by atoms with E-state index in [1.165, 1.54) is 0 Å². The molecule has 90 valence electrons. The maximum Gasteiger partial charge on any atom is 0.238 e. The molecule has 0 aromatic rings. The predicted octanol–water partition coefficient (Wildman–Crippen LogP) is -1.77. The average Bonchev–Trinajstić information content (AvgIpc) is 2.24. The third kappa shape index (κ3) is 2.51. The number of hydrogen-bond donors (Lipinski definition) is 3. The van der Waals surface area contributed by atoms with Crippen LogP contribution < -0.4 is 16.0 Å². The highest BCUT2D eigenvalue weighted by Gasteiger charge is 2.34. The summed E-state index contributed by atoms with van der Waals surface area (Å²) in [5, 5.41) is 8.41. The lowest BCUT2D eigenvalue weighted by Crippen LogP contribution is -2.59. The summed E-state index contributed by atoms with van der Waals surface area (Å²) in [5.74, 6) is -0.128. The Morgan fingerprint density at radius 2 is 2.38 bits per heavy atom. The van der Waals surface area contributed by atoms with Gasteiger partial charge in [0, 0.05) is 18.5 Å². The van der Waals surface area contributed by atoms with Gasteiger partial charge in [0.25, 0.3) is 0 Å². The van der Waals surface area contributed by atoms with Crippen LogP contribution in [0.2, 0.25) is 0 Å². The maximum absolute atomic E-state index is 11.7. The highest BCUT2D eigenvalue weighted by Crippen LogP contribution is 2.24. The monoisotopic (exact) mass is 227 g/mol. The third-order valence-corrected chi connectivity index (χ3v) is 2.92. The Morgan fingerprint density at radius 3 is 2.88 bits per heavy atom. The molecule has 2 rings (SSSR count). The van der Waals surface area contributed by atoms with E-state index >= 15 is 0 Å². The first-order chi connectivity index (χ1) is 7.59. The van der Waals surface area contributed by atoms with E-state index in [9.17, 15) is 9.59 Å². The summed E-state index contributed by atoms with van der Waals surface area (Å²) in [6.45, 7) is 4.66. The standard InChI is InChI=1S/C10H17N3O3/c1-10(5-16-6-10)4-13-9(15)7-2-12-8(14)3-11-7/h7,11H,2-6H2,1H3,(H,12,14)(H,13,15). The minimum Gasteiger partial charge on any atom is -0.380 e. The molecule has 2 fully saturated rings. The average molecular weight is 227 g/mol. The van der Waals surface area contributed by atoms with Crippen LogP contribution in [0.25, 0.3) is 0 Å². The fourth-order valence-corrected chi connectivity index (χ4v) is 1.73. The molecule has 0 saturated carbocycles. The number of nitrogens with one attached hydrogen (secondary N) is 3. The SMILES string of the molecule is CC1(CNC(=O)C2CNC(=O)CN2)COC1. The normalized spacial score (nSPS) is 27.8. The second-order valence-corrected chi connectivity index (χ2v) is 4.76. The molecule has 2 amide bonds. The van der Waals surface area contributed by atoms with Crippen molar-refractivity contribution in [3.8, 4) is 0 Å². The van der Waals surface area contributed by atoms with Gasteiger partial charge in [-0.1, -0.05) is 6.92 Å². The molecular weight excluding hydrogens is 210 g/mol. The number of carbonyl (C=O) groups is 2. The van der Waals surface area contributed by atoms with Crippen molar-refractivity contribution in [2.24, 2.45) is 5.41 Å². The van der Waals surface area contributed by atoms with Gasteiger partial charge in [-0.3, -0.25) is 14.9 Å². The smallest absolute Gasteiger partial charge is 0.238 e. The van der Waals surface area contributed by atoms with Crippen molar-refractivity contribution in [2.45, 2.75) is 13.0 Å². The Morgan fingerprint density at radius 1 is 1.62 bits per heavy atom. The summed E-state index contributed by atoms with van der Waals surface area (Å²) in [6, 6.07) is -0.317. The van der Waals surface area contributed by atoms with Gasteiger partial charge in [-0.05, 0) is 0 Å². The summed E-state index contributed by atoms with van der Waals surface area (Å²) in [6.07, 6.45) is 0. The van der Waals surface area contributed by atoms with Crippen molar-refractivity contribution in [3.05, 3.63) is 0 Å². The fraction of sp³-hybridized carbons (Fsp3) is 0.800. The van der Waals surface area contributed by atoms with E-state index in [0.29, 0.717) is 26.3 Å². The van der Waals surface area contributed by atoms with Crippen LogP contribution in [0.5, 0.6) is 0 Å². The van der Waals surface area contributed by atoms with E-state index in [0.717, 1.165) is 0 Å². The second kappa shape index (κ2) is 4.39. The molecule has 2 heterocycles. The lowest BCUT2D eigenvalue weighted by atomic mass is 9.88. The van der Waals surface area contributed by atoms with Gasteiger partial charge in [-0.25, -0.2) is 0 Å². The van der Waals surface area contributed by atoms with Crippen LogP contribution >= 0.6 is 0 Å². The lowest BCUT2D eigenvalue weighted by Gasteiger charge is -2.38. The number of piperazine rings is 1. The van der Waals surface area contributed by atoms with E-state index in [1.54, 1.807) is 0 Å². The lowest BCUT2D eigenvalue weighted by molar-refractivity contribution is -0.130. The minimum atomic E-state index is -0.317. The van der Waals surface area contributed by atoms with E-state index in [-0.39, 0.29) is 29.8 Å². The molecule has 1 atom stereocenters. The molecule has 0 aromatic carbocycles. The van der Waals surface area contributed by atoms with Crippen LogP contribution in [-0.4, -0.2) is 50.7 Å². The zero-order valence-corrected chi connectivity index (χ0v) is 9.34. The number of hydrogen-bond acceptors (Lipinski definition) is 4. The second-order valence-electron chi connectivity index (χ2n) is 4.76. The van der Waals surface area contributed by atoms with Gasteiger partial charge in [-0.15, -0.1) is 0 Å². The number of amides is 2. The molecule has 6 heteroatoms. The van der Waals surface area contributed by atoms with Gasteiger partial charge in [0.2, 0.25) is 11.8 Å². The molecule has 6 nitrogen and oxygen atoms in total. The Hall–Kier alpha value is -1.14. The van der Waals surface area contributed by atoms with Crippen LogP contribution in [-0.2, 0) is 14.3 Å². The molecular formula is C10H17N3O3. The summed E-state index contributed by atoms with van der Waals surface area (Å²) in [7, 11) is 0. The van der Waals surface area contributed by atoms with E-state index in [1.807, 2.05) is 0 Å². The van der Waals surface area contributed by atoms with Crippen LogP contribution in [0.3, 0.4) is 0 Å². The van der Waals surface area contributed by atoms with Gasteiger partial charge in [0.1, 0.15) is 6.04 Å². The van der Waals surface area contributed by atoms with Crippen LogP contribution in [0.15, 0.2) is 0 Å². The number of rotatable bonds is 3. The summed E-state index contributed by atoms with van der Waals surface area (Å²) in [4.78, 5) is 22.6. The van der Waals surface area contributed by atoms with E-state index in [4.69, 9.17) is 4.74 Å². The maximum atomic E-state index is 11.7. The Labute approximate surface area is 94.1 Å². The van der Waals surface area contributed by atoms with Gasteiger partial charge < -0.3 is 15.4 Å². The molecule has 0 bridgehead atoms. The first kappa shape index (κ1) is 11.3. The first-order valence-electron chi connectivity index (χ1n) is 5.45. The fourth-order valence-electron chi connectivity index (χ4n) is 1.73. The zero-order valence-electron chi connectivity index (χ0n) is 9.34. The molecule has 0 aromatic heterocycles. The molecule has 0 aliphatic carbocycles. The van der Waals surface area contributed by atoms with Crippen molar-refractivity contribution in [2.75, 3.05) is 32.8 Å². The van der Waals surface area contributed by atoms with Crippen molar-refractivity contribution in [1.82, 2.24) is 16.0 Å². The third-order valence-electron chi connectivity index (χ3n) is 2.92. The quantitative estimate of drug-likeness (QED) is 0.533. The number of ether oxygens (including phenoxy) is 1. The van der Waals surface area contributed by atoms with Crippen LogP contribution in [0, 0.1) is 5.41 Å². The predicted molar refractivity (Wildman–Crippen MR) is 56.7 cm³/mol. The van der Waals surface area contributed by atoms with E-state index in [2.05, 4.69) is 22.9 Å².